The maximum Gasteiger partial charge on any atom is 0.129 e. The third kappa shape index (κ3) is 3.45. The Morgan fingerprint density at radius 2 is 1.93 bits per heavy atom. The standard InChI is InChI=1S/C23H31N3O/c1-16-11-23(24-22-13-19-4-2-3-18(19)12-21(16)22)26-9-8-25(14-17-5-6-17)20(15-26)7-10-27/h11-13,17,20,27H,2-10,14-15H2,1H3. The fourth-order valence-electron chi connectivity index (χ4n) is 5.00. The highest BCUT2D eigenvalue weighted by Gasteiger charge is 2.32. The second-order valence-electron chi connectivity index (χ2n) is 8.84. The number of pyridine rings is 1. The van der Waals surface area contributed by atoms with E-state index in [0.717, 1.165) is 43.3 Å². The van der Waals surface area contributed by atoms with Crippen LogP contribution in [0.15, 0.2) is 18.2 Å². The van der Waals surface area contributed by atoms with Crippen LogP contribution in [0, 0.1) is 12.8 Å². The zero-order valence-corrected chi connectivity index (χ0v) is 16.5. The minimum Gasteiger partial charge on any atom is -0.396 e. The lowest BCUT2D eigenvalue weighted by atomic mass is 10.0. The van der Waals surface area contributed by atoms with E-state index in [1.807, 2.05) is 0 Å². The van der Waals surface area contributed by atoms with Gasteiger partial charge in [0.15, 0.2) is 0 Å². The number of hydrogen-bond acceptors (Lipinski definition) is 4. The highest BCUT2D eigenvalue weighted by Crippen LogP contribution is 2.33. The first kappa shape index (κ1) is 17.4. The molecule has 1 aromatic heterocycles. The molecule has 0 radical (unpaired) electrons. The minimum absolute atomic E-state index is 0.274. The van der Waals surface area contributed by atoms with E-state index in [2.05, 4.69) is 34.9 Å². The summed E-state index contributed by atoms with van der Waals surface area (Å²) in [7, 11) is 0. The smallest absolute Gasteiger partial charge is 0.129 e. The van der Waals surface area contributed by atoms with Crippen molar-refractivity contribution in [2.75, 3.05) is 37.7 Å². The first-order chi connectivity index (χ1) is 13.2. The van der Waals surface area contributed by atoms with E-state index in [0.29, 0.717) is 6.04 Å². The van der Waals surface area contributed by atoms with Crippen LogP contribution in [0.2, 0.25) is 0 Å². The van der Waals surface area contributed by atoms with Crippen LogP contribution in [-0.2, 0) is 12.8 Å². The zero-order chi connectivity index (χ0) is 18.4. The number of aliphatic hydroxyl groups is 1. The Hall–Kier alpha value is -1.65. The van der Waals surface area contributed by atoms with Crippen molar-refractivity contribution >= 4 is 16.7 Å². The van der Waals surface area contributed by atoms with E-state index in [4.69, 9.17) is 4.98 Å². The fraction of sp³-hybridized carbons (Fsp3) is 0.609. The van der Waals surface area contributed by atoms with Crippen LogP contribution in [0.3, 0.4) is 0 Å². The van der Waals surface area contributed by atoms with Crippen LogP contribution in [0.25, 0.3) is 10.9 Å². The van der Waals surface area contributed by atoms with Gasteiger partial charge in [0.25, 0.3) is 0 Å². The van der Waals surface area contributed by atoms with Gasteiger partial charge in [-0.05, 0) is 86.3 Å². The van der Waals surface area contributed by atoms with Gasteiger partial charge in [-0.2, -0.15) is 0 Å². The maximum absolute atomic E-state index is 9.56. The number of piperazine rings is 1. The van der Waals surface area contributed by atoms with E-state index < -0.39 is 0 Å². The number of aryl methyl sites for hydroxylation is 3. The molecular weight excluding hydrogens is 334 g/mol. The lowest BCUT2D eigenvalue weighted by Gasteiger charge is -2.42. The van der Waals surface area contributed by atoms with Gasteiger partial charge in [0.1, 0.15) is 5.82 Å². The Balaban J connectivity index is 1.41. The van der Waals surface area contributed by atoms with Gasteiger partial charge in [-0.25, -0.2) is 4.98 Å². The molecule has 4 heteroatoms. The minimum atomic E-state index is 0.274. The van der Waals surface area contributed by atoms with Gasteiger partial charge in [0.2, 0.25) is 0 Å². The number of aliphatic hydroxyl groups excluding tert-OH is 1. The van der Waals surface area contributed by atoms with Crippen LogP contribution >= 0.6 is 0 Å². The van der Waals surface area contributed by atoms with E-state index >= 15 is 0 Å². The Labute approximate surface area is 162 Å². The first-order valence-electron chi connectivity index (χ1n) is 10.7. The van der Waals surface area contributed by atoms with Crippen molar-refractivity contribution in [3.05, 3.63) is 34.9 Å². The van der Waals surface area contributed by atoms with Crippen molar-refractivity contribution < 1.29 is 5.11 Å². The summed E-state index contributed by atoms with van der Waals surface area (Å²) >= 11 is 0. The summed E-state index contributed by atoms with van der Waals surface area (Å²) in [5, 5.41) is 10.9. The van der Waals surface area contributed by atoms with Crippen molar-refractivity contribution in [2.24, 2.45) is 5.92 Å². The summed E-state index contributed by atoms with van der Waals surface area (Å²) in [5.74, 6) is 2.02. The zero-order valence-electron chi connectivity index (χ0n) is 16.5. The van der Waals surface area contributed by atoms with E-state index in [1.54, 1.807) is 0 Å². The van der Waals surface area contributed by atoms with Crippen LogP contribution in [0.1, 0.15) is 42.4 Å². The first-order valence-corrected chi connectivity index (χ1v) is 10.7. The van der Waals surface area contributed by atoms with Gasteiger partial charge in [0, 0.05) is 44.2 Å². The number of anilines is 1. The highest BCUT2D eigenvalue weighted by molar-refractivity contribution is 5.85. The lowest BCUT2D eigenvalue weighted by Crippen LogP contribution is -2.54. The fourth-order valence-corrected chi connectivity index (χ4v) is 5.00. The van der Waals surface area contributed by atoms with Gasteiger partial charge >= 0.3 is 0 Å². The average Bonchev–Trinajstić information content (AvgIpc) is 3.36. The summed E-state index contributed by atoms with van der Waals surface area (Å²) < 4.78 is 0. The Morgan fingerprint density at radius 1 is 1.11 bits per heavy atom. The molecule has 144 valence electrons. The summed E-state index contributed by atoms with van der Waals surface area (Å²) in [6.45, 7) is 6.83. The van der Waals surface area contributed by atoms with Crippen LogP contribution < -0.4 is 4.90 Å². The van der Waals surface area contributed by atoms with Crippen molar-refractivity contribution in [3.63, 3.8) is 0 Å². The molecule has 1 saturated carbocycles. The molecule has 0 spiro atoms. The summed E-state index contributed by atoms with van der Waals surface area (Å²) in [4.78, 5) is 10.1. The number of hydrogen-bond donors (Lipinski definition) is 1. The molecule has 5 rings (SSSR count). The molecule has 3 aliphatic rings. The second-order valence-corrected chi connectivity index (χ2v) is 8.84. The molecule has 2 fully saturated rings. The molecule has 1 saturated heterocycles. The molecule has 4 nitrogen and oxygen atoms in total. The number of aromatic nitrogens is 1. The molecule has 1 unspecified atom stereocenters. The van der Waals surface area contributed by atoms with Gasteiger partial charge in [-0.3, -0.25) is 4.90 Å². The molecule has 0 amide bonds. The quantitative estimate of drug-likeness (QED) is 0.882. The largest absolute Gasteiger partial charge is 0.396 e. The molecule has 1 N–H and O–H groups in total. The third-order valence-corrected chi connectivity index (χ3v) is 6.80. The number of fused-ring (bicyclic) bond motifs is 2. The summed E-state index contributed by atoms with van der Waals surface area (Å²) in [6.07, 6.45) is 7.35. The summed E-state index contributed by atoms with van der Waals surface area (Å²) in [6, 6.07) is 7.44. The Kier molecular flexibility index (Phi) is 4.57. The molecule has 2 aromatic rings. The third-order valence-electron chi connectivity index (χ3n) is 6.80. The van der Waals surface area contributed by atoms with Crippen LogP contribution in [0.4, 0.5) is 5.82 Å². The topological polar surface area (TPSA) is 39.6 Å². The van der Waals surface area contributed by atoms with Crippen molar-refractivity contribution in [1.29, 1.82) is 0 Å². The van der Waals surface area contributed by atoms with Crippen molar-refractivity contribution in [2.45, 2.75) is 51.5 Å². The molecule has 2 heterocycles. The van der Waals surface area contributed by atoms with Crippen molar-refractivity contribution in [3.8, 4) is 0 Å². The average molecular weight is 366 g/mol. The molecule has 1 atom stereocenters. The van der Waals surface area contributed by atoms with E-state index in [9.17, 15) is 5.11 Å². The Bertz CT molecular complexity index is 845. The molecule has 1 aromatic carbocycles. The molecule has 27 heavy (non-hydrogen) atoms. The molecule has 0 bridgehead atoms. The van der Waals surface area contributed by atoms with Gasteiger partial charge in [-0.1, -0.05) is 0 Å². The van der Waals surface area contributed by atoms with Gasteiger partial charge < -0.3 is 10.0 Å². The predicted octanol–water partition coefficient (Wildman–Crippen LogP) is 3.31. The second kappa shape index (κ2) is 7.06. The lowest BCUT2D eigenvalue weighted by molar-refractivity contribution is 0.137. The summed E-state index contributed by atoms with van der Waals surface area (Å²) in [5.41, 5.74) is 5.52. The molecular formula is C23H31N3O. The number of benzene rings is 1. The maximum atomic E-state index is 9.56. The van der Waals surface area contributed by atoms with Crippen LogP contribution in [0.5, 0.6) is 0 Å². The number of nitrogens with zero attached hydrogens (tertiary/aromatic N) is 3. The SMILES string of the molecule is Cc1cc(N2CCN(CC3CC3)C(CCO)C2)nc2cc3c(cc12)CCC3. The van der Waals surface area contributed by atoms with Crippen molar-refractivity contribution in [1.82, 2.24) is 9.88 Å². The van der Waals surface area contributed by atoms with Gasteiger partial charge in [0.05, 0.1) is 5.52 Å². The highest BCUT2D eigenvalue weighted by atomic mass is 16.3. The van der Waals surface area contributed by atoms with Gasteiger partial charge in [-0.15, -0.1) is 0 Å². The number of rotatable bonds is 5. The Morgan fingerprint density at radius 3 is 2.70 bits per heavy atom. The van der Waals surface area contributed by atoms with Crippen LogP contribution in [-0.4, -0.2) is 53.8 Å². The normalized spacial score (nSPS) is 23.2. The predicted molar refractivity (Wildman–Crippen MR) is 111 cm³/mol. The van der Waals surface area contributed by atoms with E-state index in [-0.39, 0.29) is 6.61 Å². The monoisotopic (exact) mass is 365 g/mol. The molecule has 2 aliphatic carbocycles. The molecule has 1 aliphatic heterocycles. The van der Waals surface area contributed by atoms with E-state index in [1.165, 1.54) is 60.7 Å².